The summed E-state index contributed by atoms with van der Waals surface area (Å²) in [5, 5.41) is 3.02. The molecule has 0 radical (unpaired) electrons. The molecule has 2 amide bonds. The Morgan fingerprint density at radius 2 is 1.71 bits per heavy atom. The zero-order valence-electron chi connectivity index (χ0n) is 13.5. The summed E-state index contributed by atoms with van der Waals surface area (Å²) in [6.45, 7) is 7.42. The zero-order valence-corrected chi connectivity index (χ0v) is 14.3. The molecule has 1 rings (SSSR count). The summed E-state index contributed by atoms with van der Waals surface area (Å²) >= 11 is 0. The predicted molar refractivity (Wildman–Crippen MR) is 87.4 cm³/mol. The molecule has 0 spiro atoms. The minimum absolute atomic E-state index is 0. The third-order valence-electron chi connectivity index (χ3n) is 4.33. The maximum Gasteiger partial charge on any atom is 0.248 e. The number of hydrogen-bond donors (Lipinski definition) is 2. The number of nitrogens with two attached hydrogens (primary N) is 1. The van der Waals surface area contributed by atoms with Crippen LogP contribution in [0.3, 0.4) is 0 Å². The fourth-order valence-corrected chi connectivity index (χ4v) is 2.83. The number of nitrogens with one attached hydrogen (secondary N) is 1. The van der Waals surface area contributed by atoms with Crippen molar-refractivity contribution in [3.8, 4) is 0 Å². The van der Waals surface area contributed by atoms with E-state index in [0.717, 1.165) is 32.1 Å². The van der Waals surface area contributed by atoms with Crippen LogP contribution >= 0.6 is 12.4 Å². The molecular formula is C15H30ClN3O2. The fourth-order valence-electron chi connectivity index (χ4n) is 2.83. The van der Waals surface area contributed by atoms with Crippen LogP contribution in [0.5, 0.6) is 0 Å². The SMILES string of the molecule is CCN(CC)C(=O)C1(NC(=O)C(C)CN)CCCCC1.Cl. The number of rotatable bonds is 6. The molecular weight excluding hydrogens is 290 g/mol. The van der Waals surface area contributed by atoms with Crippen molar-refractivity contribution in [3.05, 3.63) is 0 Å². The highest BCUT2D eigenvalue weighted by Crippen LogP contribution is 2.30. The molecule has 0 heterocycles. The van der Waals surface area contributed by atoms with Gasteiger partial charge in [-0.15, -0.1) is 12.4 Å². The first-order valence-corrected chi connectivity index (χ1v) is 7.82. The quantitative estimate of drug-likeness (QED) is 0.782. The standard InChI is InChI=1S/C15H29N3O2.ClH/c1-4-18(5-2)14(20)15(9-7-6-8-10-15)17-13(19)12(3)11-16;/h12H,4-11,16H2,1-3H3,(H,17,19);1H. The van der Waals surface area contributed by atoms with Crippen LogP contribution in [0.2, 0.25) is 0 Å². The zero-order chi connectivity index (χ0) is 15.2. The molecule has 0 saturated heterocycles. The van der Waals surface area contributed by atoms with Crippen molar-refractivity contribution in [2.75, 3.05) is 19.6 Å². The number of carbonyl (C=O) groups is 2. The van der Waals surface area contributed by atoms with E-state index < -0.39 is 5.54 Å². The molecule has 0 aliphatic heterocycles. The van der Waals surface area contributed by atoms with Crippen LogP contribution < -0.4 is 11.1 Å². The molecule has 124 valence electrons. The number of likely N-dealkylation sites (N-methyl/N-ethyl adjacent to an activating group) is 1. The third kappa shape index (κ3) is 4.85. The Bertz CT molecular complexity index is 340. The van der Waals surface area contributed by atoms with E-state index in [2.05, 4.69) is 5.32 Å². The van der Waals surface area contributed by atoms with Gasteiger partial charge in [-0.2, -0.15) is 0 Å². The minimum Gasteiger partial charge on any atom is -0.341 e. The lowest BCUT2D eigenvalue weighted by molar-refractivity contribution is -0.144. The lowest BCUT2D eigenvalue weighted by atomic mass is 9.80. The molecule has 1 unspecified atom stereocenters. The summed E-state index contributed by atoms with van der Waals surface area (Å²) in [7, 11) is 0. The Hall–Kier alpha value is -0.810. The Labute approximate surface area is 134 Å². The van der Waals surface area contributed by atoms with Crippen molar-refractivity contribution < 1.29 is 9.59 Å². The van der Waals surface area contributed by atoms with Crippen LogP contribution in [0.15, 0.2) is 0 Å². The van der Waals surface area contributed by atoms with E-state index in [-0.39, 0.29) is 30.1 Å². The molecule has 21 heavy (non-hydrogen) atoms. The summed E-state index contributed by atoms with van der Waals surface area (Å²) in [6, 6.07) is 0. The van der Waals surface area contributed by atoms with E-state index >= 15 is 0 Å². The van der Waals surface area contributed by atoms with Gasteiger partial charge in [0.1, 0.15) is 5.54 Å². The summed E-state index contributed by atoms with van der Waals surface area (Å²) in [5.74, 6) is -0.284. The highest BCUT2D eigenvalue weighted by atomic mass is 35.5. The summed E-state index contributed by atoms with van der Waals surface area (Å²) in [6.07, 6.45) is 4.60. The maximum atomic E-state index is 12.8. The third-order valence-corrected chi connectivity index (χ3v) is 4.33. The first kappa shape index (κ1) is 20.2. The average molecular weight is 320 g/mol. The lowest BCUT2D eigenvalue weighted by Gasteiger charge is -2.40. The highest BCUT2D eigenvalue weighted by molar-refractivity contribution is 5.92. The van der Waals surface area contributed by atoms with Crippen molar-refractivity contribution in [2.45, 2.75) is 58.4 Å². The van der Waals surface area contributed by atoms with Gasteiger partial charge < -0.3 is 16.0 Å². The van der Waals surface area contributed by atoms with Gasteiger partial charge in [-0.25, -0.2) is 0 Å². The highest BCUT2D eigenvalue weighted by Gasteiger charge is 2.43. The number of amides is 2. The first-order chi connectivity index (χ1) is 9.50. The normalized spacial score (nSPS) is 18.3. The summed E-state index contributed by atoms with van der Waals surface area (Å²) in [4.78, 5) is 26.8. The van der Waals surface area contributed by atoms with Gasteiger partial charge in [-0.3, -0.25) is 9.59 Å². The van der Waals surface area contributed by atoms with Crippen molar-refractivity contribution in [1.29, 1.82) is 0 Å². The van der Waals surface area contributed by atoms with Gasteiger partial charge in [-0.05, 0) is 26.7 Å². The molecule has 5 nitrogen and oxygen atoms in total. The van der Waals surface area contributed by atoms with Crippen molar-refractivity contribution in [2.24, 2.45) is 11.7 Å². The van der Waals surface area contributed by atoms with Crippen LogP contribution in [-0.4, -0.2) is 41.9 Å². The second-order valence-corrected chi connectivity index (χ2v) is 5.75. The number of halogens is 1. The lowest BCUT2D eigenvalue weighted by Crippen LogP contribution is -2.61. The monoisotopic (exact) mass is 319 g/mol. The predicted octanol–water partition coefficient (Wildman–Crippen LogP) is 1.69. The fraction of sp³-hybridized carbons (Fsp3) is 0.867. The molecule has 3 N–H and O–H groups in total. The van der Waals surface area contributed by atoms with E-state index in [1.54, 1.807) is 6.92 Å². The molecule has 0 aromatic rings. The van der Waals surface area contributed by atoms with Crippen molar-refractivity contribution in [1.82, 2.24) is 10.2 Å². The topological polar surface area (TPSA) is 75.4 Å². The second-order valence-electron chi connectivity index (χ2n) is 5.75. The van der Waals surface area contributed by atoms with Crippen LogP contribution in [0.4, 0.5) is 0 Å². The van der Waals surface area contributed by atoms with Crippen LogP contribution in [-0.2, 0) is 9.59 Å². The van der Waals surface area contributed by atoms with E-state index in [1.807, 2.05) is 18.7 Å². The van der Waals surface area contributed by atoms with Gasteiger partial charge in [0, 0.05) is 25.6 Å². The van der Waals surface area contributed by atoms with Gasteiger partial charge in [0.05, 0.1) is 0 Å². The molecule has 0 aromatic carbocycles. The molecule has 1 fully saturated rings. The molecule has 1 saturated carbocycles. The van der Waals surface area contributed by atoms with Crippen LogP contribution in [0.1, 0.15) is 52.9 Å². The molecule has 6 heteroatoms. The van der Waals surface area contributed by atoms with Crippen molar-refractivity contribution in [3.63, 3.8) is 0 Å². The Kier molecular flexibility index (Phi) is 8.90. The number of nitrogens with zero attached hydrogens (tertiary/aromatic N) is 1. The molecule has 0 aromatic heterocycles. The van der Waals surface area contributed by atoms with Crippen molar-refractivity contribution >= 4 is 24.2 Å². The number of carbonyl (C=O) groups excluding carboxylic acids is 2. The Morgan fingerprint density at radius 1 is 1.19 bits per heavy atom. The van der Waals surface area contributed by atoms with E-state index in [0.29, 0.717) is 19.6 Å². The summed E-state index contributed by atoms with van der Waals surface area (Å²) in [5.41, 5.74) is 4.85. The smallest absolute Gasteiger partial charge is 0.248 e. The molecule has 0 bridgehead atoms. The molecule has 1 aliphatic rings. The largest absolute Gasteiger partial charge is 0.341 e. The van der Waals surface area contributed by atoms with Crippen LogP contribution in [0.25, 0.3) is 0 Å². The van der Waals surface area contributed by atoms with E-state index in [9.17, 15) is 9.59 Å². The van der Waals surface area contributed by atoms with Gasteiger partial charge in [0.25, 0.3) is 0 Å². The first-order valence-electron chi connectivity index (χ1n) is 7.82. The molecule has 1 atom stereocenters. The number of hydrogen-bond acceptors (Lipinski definition) is 3. The van der Waals surface area contributed by atoms with E-state index in [4.69, 9.17) is 5.73 Å². The van der Waals surface area contributed by atoms with E-state index in [1.165, 1.54) is 0 Å². The summed E-state index contributed by atoms with van der Waals surface area (Å²) < 4.78 is 0. The van der Waals surface area contributed by atoms with Gasteiger partial charge >= 0.3 is 0 Å². The maximum absolute atomic E-state index is 12.8. The Morgan fingerprint density at radius 3 is 2.14 bits per heavy atom. The van der Waals surface area contributed by atoms with Gasteiger partial charge in [-0.1, -0.05) is 26.2 Å². The minimum atomic E-state index is -0.704. The Balaban J connectivity index is 0.00000400. The van der Waals surface area contributed by atoms with Crippen LogP contribution in [0, 0.1) is 5.92 Å². The second kappa shape index (κ2) is 9.26. The van der Waals surface area contributed by atoms with Gasteiger partial charge in [0.15, 0.2) is 0 Å². The molecule has 1 aliphatic carbocycles. The average Bonchev–Trinajstić information content (AvgIpc) is 2.48. The van der Waals surface area contributed by atoms with Gasteiger partial charge in [0.2, 0.25) is 11.8 Å².